The molecule has 0 unspecified atom stereocenters. The maximum atomic E-state index is 11.8. The zero-order chi connectivity index (χ0) is 16.6. The van der Waals surface area contributed by atoms with Gasteiger partial charge < -0.3 is 15.6 Å². The van der Waals surface area contributed by atoms with E-state index in [4.69, 9.17) is 10.3 Å². The standard InChI is InChI=1S/C18H22N4O2.ClH/c19-18(9-1-2-10-18)17-21-15(24-22-17)11-12-3-7-14(8-4-12)20-16(23)13-5-6-13;/h3-4,7-8,13H,1-2,5-6,9-11,19H2,(H,20,23);1H. The molecule has 2 aliphatic carbocycles. The zero-order valence-corrected chi connectivity index (χ0v) is 14.8. The third-order valence-electron chi connectivity index (χ3n) is 4.93. The quantitative estimate of drug-likeness (QED) is 0.852. The Morgan fingerprint density at radius 3 is 2.56 bits per heavy atom. The number of carbonyl (C=O) groups is 1. The summed E-state index contributed by atoms with van der Waals surface area (Å²) in [6.07, 6.45) is 6.66. The summed E-state index contributed by atoms with van der Waals surface area (Å²) in [5.41, 5.74) is 7.83. The van der Waals surface area contributed by atoms with Crippen LogP contribution in [0.3, 0.4) is 0 Å². The highest BCUT2D eigenvalue weighted by Crippen LogP contribution is 2.34. The van der Waals surface area contributed by atoms with Crippen LogP contribution in [-0.4, -0.2) is 16.0 Å². The fourth-order valence-corrected chi connectivity index (χ4v) is 3.23. The van der Waals surface area contributed by atoms with E-state index in [1.54, 1.807) is 0 Å². The number of aromatic nitrogens is 2. The van der Waals surface area contributed by atoms with Gasteiger partial charge in [0.1, 0.15) is 0 Å². The zero-order valence-electron chi connectivity index (χ0n) is 14.0. The number of carbonyl (C=O) groups excluding carboxylic acids is 1. The molecule has 3 N–H and O–H groups in total. The number of amides is 1. The normalized spacial score (nSPS) is 18.6. The second kappa shape index (κ2) is 7.14. The topological polar surface area (TPSA) is 94.0 Å². The summed E-state index contributed by atoms with van der Waals surface area (Å²) < 4.78 is 5.37. The predicted molar refractivity (Wildman–Crippen MR) is 96.5 cm³/mol. The molecule has 1 amide bonds. The lowest BCUT2D eigenvalue weighted by molar-refractivity contribution is -0.117. The van der Waals surface area contributed by atoms with Crippen molar-refractivity contribution in [3.63, 3.8) is 0 Å². The first-order valence-corrected chi connectivity index (χ1v) is 8.64. The van der Waals surface area contributed by atoms with Gasteiger partial charge in [-0.3, -0.25) is 4.79 Å². The van der Waals surface area contributed by atoms with Gasteiger partial charge in [-0.05, 0) is 43.4 Å². The molecule has 6 nitrogen and oxygen atoms in total. The third-order valence-corrected chi connectivity index (χ3v) is 4.93. The molecule has 0 atom stereocenters. The monoisotopic (exact) mass is 362 g/mol. The lowest BCUT2D eigenvalue weighted by Crippen LogP contribution is -2.34. The van der Waals surface area contributed by atoms with E-state index in [0.29, 0.717) is 18.1 Å². The summed E-state index contributed by atoms with van der Waals surface area (Å²) in [7, 11) is 0. The van der Waals surface area contributed by atoms with Crippen LogP contribution in [0.4, 0.5) is 5.69 Å². The van der Waals surface area contributed by atoms with Crippen LogP contribution in [-0.2, 0) is 16.8 Å². The summed E-state index contributed by atoms with van der Waals surface area (Å²) in [5.74, 6) is 1.54. The summed E-state index contributed by atoms with van der Waals surface area (Å²) in [6.45, 7) is 0. The van der Waals surface area contributed by atoms with Crippen LogP contribution in [0, 0.1) is 5.92 Å². The smallest absolute Gasteiger partial charge is 0.231 e. The first-order valence-electron chi connectivity index (χ1n) is 8.64. The fraction of sp³-hybridized carbons (Fsp3) is 0.500. The largest absolute Gasteiger partial charge is 0.339 e. The Hall–Kier alpha value is -1.92. The molecule has 0 aliphatic heterocycles. The Morgan fingerprint density at radius 2 is 1.92 bits per heavy atom. The second-order valence-electron chi connectivity index (χ2n) is 7.01. The molecule has 2 aromatic rings. The van der Waals surface area contributed by atoms with Crippen molar-refractivity contribution in [2.75, 3.05) is 5.32 Å². The molecule has 134 valence electrons. The minimum atomic E-state index is -0.418. The van der Waals surface area contributed by atoms with Crippen LogP contribution < -0.4 is 11.1 Å². The minimum absolute atomic E-state index is 0. The molecule has 2 aliphatic rings. The van der Waals surface area contributed by atoms with E-state index in [-0.39, 0.29) is 24.2 Å². The van der Waals surface area contributed by atoms with Gasteiger partial charge in [-0.25, -0.2) is 0 Å². The van der Waals surface area contributed by atoms with Crippen molar-refractivity contribution in [2.45, 2.75) is 50.5 Å². The third kappa shape index (κ3) is 4.02. The number of halogens is 1. The van der Waals surface area contributed by atoms with E-state index in [1.165, 1.54) is 0 Å². The Balaban J connectivity index is 0.00000182. The summed E-state index contributed by atoms with van der Waals surface area (Å²) in [4.78, 5) is 16.2. The molecule has 0 bridgehead atoms. The van der Waals surface area contributed by atoms with E-state index >= 15 is 0 Å². The van der Waals surface area contributed by atoms with Gasteiger partial charge in [0.15, 0.2) is 5.82 Å². The molecule has 0 saturated heterocycles. The summed E-state index contributed by atoms with van der Waals surface area (Å²) in [6, 6.07) is 7.77. The van der Waals surface area contributed by atoms with Gasteiger partial charge in [0, 0.05) is 11.6 Å². The van der Waals surface area contributed by atoms with Gasteiger partial charge >= 0.3 is 0 Å². The maximum Gasteiger partial charge on any atom is 0.231 e. The number of rotatable bonds is 5. The number of nitrogens with one attached hydrogen (secondary N) is 1. The van der Waals surface area contributed by atoms with Crippen LogP contribution in [0.5, 0.6) is 0 Å². The van der Waals surface area contributed by atoms with Crippen molar-refractivity contribution in [3.05, 3.63) is 41.5 Å². The van der Waals surface area contributed by atoms with Gasteiger partial charge in [0.2, 0.25) is 11.8 Å². The van der Waals surface area contributed by atoms with E-state index < -0.39 is 5.54 Å². The average Bonchev–Trinajstić information content (AvgIpc) is 3.17. The number of hydrogen-bond acceptors (Lipinski definition) is 5. The maximum absolute atomic E-state index is 11.8. The van der Waals surface area contributed by atoms with Crippen LogP contribution in [0.25, 0.3) is 0 Å². The predicted octanol–water partition coefficient (Wildman–Crippen LogP) is 3.16. The number of benzene rings is 1. The number of anilines is 1. The SMILES string of the molecule is Cl.NC1(c2noc(Cc3ccc(NC(=O)C4CC4)cc3)n2)CCCC1. The van der Waals surface area contributed by atoms with Gasteiger partial charge in [-0.2, -0.15) is 4.98 Å². The molecule has 2 saturated carbocycles. The van der Waals surface area contributed by atoms with Crippen molar-refractivity contribution in [2.24, 2.45) is 11.7 Å². The van der Waals surface area contributed by atoms with E-state index in [9.17, 15) is 4.79 Å². The Kier molecular flexibility index (Phi) is 5.11. The number of nitrogens with two attached hydrogens (primary N) is 1. The molecule has 1 heterocycles. The van der Waals surface area contributed by atoms with Crippen molar-refractivity contribution >= 4 is 24.0 Å². The highest BCUT2D eigenvalue weighted by molar-refractivity contribution is 5.94. The fourth-order valence-electron chi connectivity index (χ4n) is 3.23. The molecule has 1 aromatic heterocycles. The Bertz CT molecular complexity index is 734. The van der Waals surface area contributed by atoms with Gasteiger partial charge in [-0.15, -0.1) is 12.4 Å². The highest BCUT2D eigenvalue weighted by atomic mass is 35.5. The summed E-state index contributed by atoms with van der Waals surface area (Å²) >= 11 is 0. The van der Waals surface area contributed by atoms with E-state index in [0.717, 1.165) is 49.8 Å². The average molecular weight is 363 g/mol. The minimum Gasteiger partial charge on any atom is -0.339 e. The van der Waals surface area contributed by atoms with Crippen LogP contribution in [0.1, 0.15) is 55.8 Å². The molecule has 25 heavy (non-hydrogen) atoms. The summed E-state index contributed by atoms with van der Waals surface area (Å²) in [5, 5.41) is 7.02. The first-order chi connectivity index (χ1) is 11.6. The second-order valence-corrected chi connectivity index (χ2v) is 7.01. The Labute approximate surface area is 153 Å². The molecule has 0 radical (unpaired) electrons. The van der Waals surface area contributed by atoms with Crippen LogP contribution in [0.15, 0.2) is 28.8 Å². The van der Waals surface area contributed by atoms with Crippen LogP contribution in [0.2, 0.25) is 0 Å². The number of hydrogen-bond donors (Lipinski definition) is 2. The molecule has 7 heteroatoms. The number of nitrogens with zero attached hydrogens (tertiary/aromatic N) is 2. The van der Waals surface area contributed by atoms with Gasteiger partial charge in [-0.1, -0.05) is 30.1 Å². The molecular formula is C18H23ClN4O2. The molecule has 0 spiro atoms. The molecule has 1 aromatic carbocycles. The molecule has 2 fully saturated rings. The lowest BCUT2D eigenvalue weighted by Gasteiger charge is -2.17. The van der Waals surface area contributed by atoms with E-state index in [2.05, 4.69) is 15.5 Å². The van der Waals surface area contributed by atoms with Crippen molar-refractivity contribution in [1.29, 1.82) is 0 Å². The molecular weight excluding hydrogens is 340 g/mol. The lowest BCUT2D eigenvalue weighted by atomic mass is 9.99. The van der Waals surface area contributed by atoms with Gasteiger partial charge in [0.25, 0.3) is 0 Å². The first kappa shape index (κ1) is 17.9. The Morgan fingerprint density at radius 1 is 1.24 bits per heavy atom. The highest BCUT2D eigenvalue weighted by Gasteiger charge is 2.36. The van der Waals surface area contributed by atoms with Crippen molar-refractivity contribution in [1.82, 2.24) is 10.1 Å². The van der Waals surface area contributed by atoms with Crippen molar-refractivity contribution < 1.29 is 9.32 Å². The molecule has 4 rings (SSSR count). The van der Waals surface area contributed by atoms with Gasteiger partial charge in [0.05, 0.1) is 12.0 Å². The van der Waals surface area contributed by atoms with Crippen LogP contribution >= 0.6 is 12.4 Å². The van der Waals surface area contributed by atoms with E-state index in [1.807, 2.05) is 24.3 Å². The van der Waals surface area contributed by atoms with Crippen molar-refractivity contribution in [3.8, 4) is 0 Å².